The van der Waals surface area contributed by atoms with Crippen LogP contribution in [0.25, 0.3) is 11.2 Å². The van der Waals surface area contributed by atoms with Crippen LogP contribution in [0.5, 0.6) is 0 Å². The minimum Gasteiger partial charge on any atom is -0.352 e. The highest BCUT2D eigenvalue weighted by molar-refractivity contribution is 5.70. The second-order valence-corrected chi connectivity index (χ2v) is 4.00. The second-order valence-electron chi connectivity index (χ2n) is 4.00. The summed E-state index contributed by atoms with van der Waals surface area (Å²) in [6, 6.07) is 0.210. The molecule has 0 aliphatic rings. The first kappa shape index (κ1) is 11.4. The molecule has 2 aromatic heterocycles. The van der Waals surface area contributed by atoms with Gasteiger partial charge in [-0.1, -0.05) is 6.08 Å². The van der Waals surface area contributed by atoms with Crippen LogP contribution in [0.4, 0.5) is 5.95 Å². The third kappa shape index (κ3) is 2.06. The van der Waals surface area contributed by atoms with Crippen molar-refractivity contribution in [2.45, 2.75) is 19.9 Å². The number of hydrogen-bond acceptors (Lipinski definition) is 4. The first-order valence-corrected chi connectivity index (χ1v) is 5.45. The van der Waals surface area contributed by atoms with Crippen LogP contribution in [0.15, 0.2) is 23.8 Å². The molecule has 0 saturated carbocycles. The van der Waals surface area contributed by atoms with E-state index in [1.165, 1.54) is 0 Å². The molecular formula is C11H15N5O. The zero-order chi connectivity index (χ0) is 12.4. The molecule has 2 rings (SSSR count). The van der Waals surface area contributed by atoms with Crippen LogP contribution < -0.4 is 10.9 Å². The molecule has 0 atom stereocenters. The molecule has 90 valence electrons. The summed E-state index contributed by atoms with van der Waals surface area (Å²) in [5, 5.41) is 2.96. The van der Waals surface area contributed by atoms with Gasteiger partial charge in [-0.05, 0) is 13.8 Å². The SMILES string of the molecule is C=CCNc1nc2c(ncn2C(C)C)c(=O)[nH]1. The monoisotopic (exact) mass is 233 g/mol. The van der Waals surface area contributed by atoms with Crippen molar-refractivity contribution in [3.63, 3.8) is 0 Å². The smallest absolute Gasteiger partial charge is 0.280 e. The highest BCUT2D eigenvalue weighted by Crippen LogP contribution is 2.13. The number of imidazole rings is 1. The lowest BCUT2D eigenvalue weighted by Gasteiger charge is -2.08. The quantitative estimate of drug-likeness (QED) is 0.780. The number of aromatic nitrogens is 4. The van der Waals surface area contributed by atoms with E-state index in [1.54, 1.807) is 12.4 Å². The van der Waals surface area contributed by atoms with Gasteiger partial charge in [-0.25, -0.2) is 4.98 Å². The molecule has 0 fully saturated rings. The standard InChI is InChI=1S/C11H15N5O/c1-4-5-12-11-14-9-8(10(17)15-11)13-6-16(9)7(2)3/h4,6-7H,1,5H2,2-3H3,(H2,12,14,15,17). The van der Waals surface area contributed by atoms with Gasteiger partial charge in [-0.15, -0.1) is 6.58 Å². The molecule has 0 aromatic carbocycles. The third-order valence-corrected chi connectivity index (χ3v) is 2.40. The molecule has 17 heavy (non-hydrogen) atoms. The maximum atomic E-state index is 11.8. The van der Waals surface area contributed by atoms with Gasteiger partial charge < -0.3 is 9.88 Å². The van der Waals surface area contributed by atoms with Crippen molar-refractivity contribution >= 4 is 17.1 Å². The molecule has 0 amide bonds. The fourth-order valence-corrected chi connectivity index (χ4v) is 1.56. The molecule has 0 aliphatic heterocycles. The Morgan fingerprint density at radius 3 is 3.06 bits per heavy atom. The van der Waals surface area contributed by atoms with Crippen molar-refractivity contribution < 1.29 is 0 Å². The van der Waals surface area contributed by atoms with Crippen molar-refractivity contribution in [1.82, 2.24) is 19.5 Å². The summed E-state index contributed by atoms with van der Waals surface area (Å²) < 4.78 is 1.86. The number of hydrogen-bond donors (Lipinski definition) is 2. The summed E-state index contributed by atoms with van der Waals surface area (Å²) >= 11 is 0. The van der Waals surface area contributed by atoms with Gasteiger partial charge in [0.25, 0.3) is 5.56 Å². The third-order valence-electron chi connectivity index (χ3n) is 2.40. The molecule has 0 saturated heterocycles. The minimum atomic E-state index is -0.235. The normalized spacial score (nSPS) is 11.0. The number of nitrogens with zero attached hydrogens (tertiary/aromatic N) is 3. The van der Waals surface area contributed by atoms with Gasteiger partial charge in [0.2, 0.25) is 5.95 Å². The number of H-pyrrole nitrogens is 1. The first-order valence-electron chi connectivity index (χ1n) is 5.45. The van der Waals surface area contributed by atoms with Crippen molar-refractivity contribution in [1.29, 1.82) is 0 Å². The largest absolute Gasteiger partial charge is 0.352 e. The van der Waals surface area contributed by atoms with Crippen molar-refractivity contribution in [3.8, 4) is 0 Å². The van der Waals surface area contributed by atoms with E-state index in [4.69, 9.17) is 0 Å². The molecule has 0 spiro atoms. The van der Waals surface area contributed by atoms with E-state index in [-0.39, 0.29) is 11.6 Å². The number of anilines is 1. The van der Waals surface area contributed by atoms with Gasteiger partial charge in [0.15, 0.2) is 11.2 Å². The van der Waals surface area contributed by atoms with Gasteiger partial charge in [0.05, 0.1) is 6.33 Å². The Kier molecular flexibility index (Phi) is 2.95. The summed E-state index contributed by atoms with van der Waals surface area (Å²) in [4.78, 5) is 22.8. The van der Waals surface area contributed by atoms with E-state index in [1.807, 2.05) is 18.4 Å². The second kappa shape index (κ2) is 4.40. The average molecular weight is 233 g/mol. The van der Waals surface area contributed by atoms with Crippen molar-refractivity contribution in [2.75, 3.05) is 11.9 Å². The topological polar surface area (TPSA) is 75.6 Å². The molecule has 0 aliphatic carbocycles. The van der Waals surface area contributed by atoms with Crippen LogP contribution in [-0.2, 0) is 0 Å². The average Bonchev–Trinajstić information content (AvgIpc) is 2.70. The summed E-state index contributed by atoms with van der Waals surface area (Å²) in [5.74, 6) is 0.435. The zero-order valence-electron chi connectivity index (χ0n) is 9.90. The van der Waals surface area contributed by atoms with Crippen LogP contribution in [0.3, 0.4) is 0 Å². The molecule has 0 bridgehead atoms. The van der Waals surface area contributed by atoms with Gasteiger partial charge in [-0.3, -0.25) is 9.78 Å². The van der Waals surface area contributed by atoms with E-state index in [9.17, 15) is 4.79 Å². The first-order chi connectivity index (χ1) is 8.13. The van der Waals surface area contributed by atoms with E-state index in [2.05, 4.69) is 26.8 Å². The predicted octanol–water partition coefficient (Wildman–Crippen LogP) is 1.30. The Balaban J connectivity index is 2.56. The fraction of sp³-hybridized carbons (Fsp3) is 0.364. The molecule has 6 nitrogen and oxygen atoms in total. The van der Waals surface area contributed by atoms with Crippen LogP contribution in [0, 0.1) is 0 Å². The summed E-state index contributed by atoms with van der Waals surface area (Å²) in [6.07, 6.45) is 3.33. The molecule has 2 aromatic rings. The highest BCUT2D eigenvalue weighted by Gasteiger charge is 2.11. The van der Waals surface area contributed by atoms with Gasteiger partial charge >= 0.3 is 0 Å². The molecule has 0 unspecified atom stereocenters. The van der Waals surface area contributed by atoms with Crippen LogP contribution in [0.2, 0.25) is 0 Å². The van der Waals surface area contributed by atoms with Gasteiger partial charge in [0.1, 0.15) is 0 Å². The highest BCUT2D eigenvalue weighted by atomic mass is 16.1. The Morgan fingerprint density at radius 1 is 1.65 bits per heavy atom. The van der Waals surface area contributed by atoms with E-state index in [0.29, 0.717) is 23.7 Å². The van der Waals surface area contributed by atoms with Crippen LogP contribution in [0.1, 0.15) is 19.9 Å². The van der Waals surface area contributed by atoms with Crippen molar-refractivity contribution in [2.24, 2.45) is 0 Å². The Bertz CT molecular complexity index is 595. The Labute approximate surface area is 98.4 Å². The Morgan fingerprint density at radius 2 is 2.41 bits per heavy atom. The maximum Gasteiger partial charge on any atom is 0.280 e. The molecule has 2 N–H and O–H groups in total. The zero-order valence-corrected chi connectivity index (χ0v) is 9.90. The van der Waals surface area contributed by atoms with Gasteiger partial charge in [-0.2, -0.15) is 4.98 Å². The lowest BCUT2D eigenvalue weighted by molar-refractivity contribution is 0.613. The summed E-state index contributed by atoms with van der Waals surface area (Å²) in [7, 11) is 0. The number of rotatable bonds is 4. The van der Waals surface area contributed by atoms with E-state index < -0.39 is 0 Å². The minimum absolute atomic E-state index is 0.210. The Hall–Kier alpha value is -2.11. The van der Waals surface area contributed by atoms with Crippen molar-refractivity contribution in [3.05, 3.63) is 29.3 Å². The predicted molar refractivity (Wildman–Crippen MR) is 67.2 cm³/mol. The maximum absolute atomic E-state index is 11.8. The van der Waals surface area contributed by atoms with E-state index >= 15 is 0 Å². The molecule has 0 radical (unpaired) electrons. The molecule has 6 heteroatoms. The lowest BCUT2D eigenvalue weighted by atomic mass is 10.4. The summed E-state index contributed by atoms with van der Waals surface area (Å²) in [5.41, 5.74) is 0.721. The number of fused-ring (bicyclic) bond motifs is 1. The van der Waals surface area contributed by atoms with Gasteiger partial charge in [0, 0.05) is 12.6 Å². The van der Waals surface area contributed by atoms with Crippen LogP contribution in [-0.4, -0.2) is 26.1 Å². The fourth-order valence-electron chi connectivity index (χ4n) is 1.56. The van der Waals surface area contributed by atoms with E-state index in [0.717, 1.165) is 0 Å². The lowest BCUT2D eigenvalue weighted by Crippen LogP contribution is -2.14. The van der Waals surface area contributed by atoms with Crippen LogP contribution >= 0.6 is 0 Å². The molecule has 2 heterocycles. The molecular weight excluding hydrogens is 218 g/mol. The number of nitrogens with one attached hydrogen (secondary N) is 2. The number of aromatic amines is 1. The summed E-state index contributed by atoms with van der Waals surface area (Å²) in [6.45, 7) is 8.17.